The lowest BCUT2D eigenvalue weighted by atomic mass is 10.0. The van der Waals surface area contributed by atoms with Crippen LogP contribution in [-0.2, 0) is 10.0 Å². The van der Waals surface area contributed by atoms with Crippen LogP contribution in [0.15, 0.2) is 53.4 Å². The zero-order valence-corrected chi connectivity index (χ0v) is 17.8. The smallest absolute Gasteiger partial charge is 0.238 e. The topological polar surface area (TPSA) is 86.9 Å². The highest BCUT2D eigenvalue weighted by Crippen LogP contribution is 2.24. The number of unbranched alkanes of at least 4 members (excludes halogenated alkanes) is 1. The molecule has 1 atom stereocenters. The van der Waals surface area contributed by atoms with Gasteiger partial charge in [-0.05, 0) is 62.1 Å². The summed E-state index contributed by atoms with van der Waals surface area (Å²) in [4.78, 5) is 4.97. The molecular weight excluding hydrogens is 386 g/mol. The van der Waals surface area contributed by atoms with E-state index < -0.39 is 16.1 Å². The zero-order valence-electron chi connectivity index (χ0n) is 17.0. The van der Waals surface area contributed by atoms with Crippen LogP contribution in [0.2, 0.25) is 0 Å². The van der Waals surface area contributed by atoms with Gasteiger partial charge < -0.3 is 10.0 Å². The van der Waals surface area contributed by atoms with Crippen molar-refractivity contribution < 1.29 is 13.5 Å². The van der Waals surface area contributed by atoms with E-state index in [-0.39, 0.29) is 4.90 Å². The summed E-state index contributed by atoms with van der Waals surface area (Å²) >= 11 is 0. The molecule has 6 nitrogen and oxygen atoms in total. The number of nitrogens with zero attached hydrogens (tertiary/aromatic N) is 2. The standard InChI is InChI=1S/C22H31N3O3S/c1-18-10-11-19(17-22(18)29(23,27)28)21(26)9-5-6-12-24-13-15-25(16-14-24)20-7-3-2-4-8-20/h2-4,7-8,10-11,17,21,26H,5-6,9,12-16H2,1H3,(H2,23,27,28). The van der Waals surface area contributed by atoms with E-state index in [4.69, 9.17) is 5.14 Å². The Balaban J connectivity index is 1.41. The van der Waals surface area contributed by atoms with Crippen LogP contribution in [0.4, 0.5) is 5.69 Å². The monoisotopic (exact) mass is 417 g/mol. The van der Waals surface area contributed by atoms with Crippen LogP contribution in [0.1, 0.15) is 36.5 Å². The molecule has 1 unspecified atom stereocenters. The van der Waals surface area contributed by atoms with Gasteiger partial charge >= 0.3 is 0 Å². The molecule has 3 rings (SSSR count). The first-order chi connectivity index (χ1) is 13.8. The Kier molecular flexibility index (Phi) is 7.29. The van der Waals surface area contributed by atoms with Crippen LogP contribution in [0.3, 0.4) is 0 Å². The predicted molar refractivity (Wildman–Crippen MR) is 116 cm³/mol. The van der Waals surface area contributed by atoms with Gasteiger partial charge in [0.2, 0.25) is 10.0 Å². The maximum Gasteiger partial charge on any atom is 0.238 e. The molecule has 29 heavy (non-hydrogen) atoms. The van der Waals surface area contributed by atoms with E-state index in [9.17, 15) is 13.5 Å². The first-order valence-electron chi connectivity index (χ1n) is 10.2. The number of rotatable bonds is 8. The molecule has 1 aliphatic rings. The van der Waals surface area contributed by atoms with Gasteiger partial charge in [0.15, 0.2) is 0 Å². The highest BCUT2D eigenvalue weighted by molar-refractivity contribution is 7.89. The molecule has 0 amide bonds. The number of nitrogens with two attached hydrogens (primary N) is 1. The third-order valence-corrected chi connectivity index (χ3v) is 6.65. The maximum atomic E-state index is 11.7. The highest BCUT2D eigenvalue weighted by Gasteiger charge is 2.18. The third-order valence-electron chi connectivity index (χ3n) is 5.60. The molecule has 0 radical (unpaired) electrons. The molecule has 158 valence electrons. The quantitative estimate of drug-likeness (QED) is 0.645. The molecule has 1 heterocycles. The van der Waals surface area contributed by atoms with E-state index in [1.807, 2.05) is 6.07 Å². The molecule has 3 N–H and O–H groups in total. The van der Waals surface area contributed by atoms with Crippen molar-refractivity contribution in [2.45, 2.75) is 37.2 Å². The van der Waals surface area contributed by atoms with E-state index >= 15 is 0 Å². The van der Waals surface area contributed by atoms with Crippen LogP contribution in [0.25, 0.3) is 0 Å². The zero-order chi connectivity index (χ0) is 20.9. The molecule has 2 aromatic carbocycles. The summed E-state index contributed by atoms with van der Waals surface area (Å²) in [6, 6.07) is 15.5. The summed E-state index contributed by atoms with van der Waals surface area (Å²) in [5.74, 6) is 0. The number of hydrogen-bond donors (Lipinski definition) is 2. The number of piperazine rings is 1. The summed E-state index contributed by atoms with van der Waals surface area (Å²) in [5, 5.41) is 15.7. The predicted octanol–water partition coefficient (Wildman–Crippen LogP) is 2.67. The number of sulfonamides is 1. The minimum Gasteiger partial charge on any atom is -0.388 e. The Labute approximate surface area is 174 Å². The third kappa shape index (κ3) is 6.02. The van der Waals surface area contributed by atoms with Crippen LogP contribution >= 0.6 is 0 Å². The van der Waals surface area contributed by atoms with Crippen molar-refractivity contribution in [1.82, 2.24) is 4.90 Å². The van der Waals surface area contributed by atoms with Crippen molar-refractivity contribution in [2.24, 2.45) is 5.14 Å². The van der Waals surface area contributed by atoms with Gasteiger partial charge in [-0.25, -0.2) is 13.6 Å². The minimum absolute atomic E-state index is 0.0883. The number of para-hydroxylation sites is 1. The fraction of sp³-hybridized carbons (Fsp3) is 0.455. The van der Waals surface area contributed by atoms with E-state index in [0.717, 1.165) is 45.6 Å². The Morgan fingerprint density at radius 3 is 2.38 bits per heavy atom. The lowest BCUT2D eigenvalue weighted by Crippen LogP contribution is -2.46. The first-order valence-corrected chi connectivity index (χ1v) is 11.7. The average Bonchev–Trinajstić information content (AvgIpc) is 2.71. The van der Waals surface area contributed by atoms with Gasteiger partial charge in [-0.1, -0.05) is 30.3 Å². The van der Waals surface area contributed by atoms with Gasteiger partial charge in [-0.15, -0.1) is 0 Å². The largest absolute Gasteiger partial charge is 0.388 e. The van der Waals surface area contributed by atoms with Crippen molar-refractivity contribution in [2.75, 3.05) is 37.6 Å². The number of benzene rings is 2. The normalized spacial score (nSPS) is 16.7. The van der Waals surface area contributed by atoms with Gasteiger partial charge in [0, 0.05) is 31.9 Å². The maximum absolute atomic E-state index is 11.7. The second kappa shape index (κ2) is 9.71. The molecule has 1 aliphatic heterocycles. The van der Waals surface area contributed by atoms with Crippen molar-refractivity contribution >= 4 is 15.7 Å². The van der Waals surface area contributed by atoms with Crippen LogP contribution in [0, 0.1) is 6.92 Å². The molecule has 0 saturated carbocycles. The van der Waals surface area contributed by atoms with Crippen LogP contribution in [-0.4, -0.2) is 51.1 Å². The van der Waals surface area contributed by atoms with E-state index in [0.29, 0.717) is 17.5 Å². The molecular formula is C22H31N3O3S. The first kappa shape index (κ1) is 21.8. The molecule has 7 heteroatoms. The van der Waals surface area contributed by atoms with Gasteiger partial charge in [-0.2, -0.15) is 0 Å². The molecule has 1 fully saturated rings. The summed E-state index contributed by atoms with van der Waals surface area (Å²) in [6.07, 6.45) is 1.83. The van der Waals surface area contributed by atoms with Gasteiger partial charge in [0.1, 0.15) is 0 Å². The lowest BCUT2D eigenvalue weighted by Gasteiger charge is -2.36. The second-order valence-electron chi connectivity index (χ2n) is 7.75. The fourth-order valence-corrected chi connectivity index (χ4v) is 4.66. The van der Waals surface area contributed by atoms with Crippen molar-refractivity contribution in [1.29, 1.82) is 0 Å². The van der Waals surface area contributed by atoms with E-state index in [2.05, 4.69) is 34.1 Å². The van der Waals surface area contributed by atoms with Crippen molar-refractivity contribution in [3.8, 4) is 0 Å². The number of anilines is 1. The highest BCUT2D eigenvalue weighted by atomic mass is 32.2. The molecule has 1 saturated heterocycles. The average molecular weight is 418 g/mol. The molecule has 2 aromatic rings. The van der Waals surface area contributed by atoms with Crippen LogP contribution in [0.5, 0.6) is 0 Å². The second-order valence-corrected chi connectivity index (χ2v) is 9.28. The Morgan fingerprint density at radius 2 is 1.72 bits per heavy atom. The summed E-state index contributed by atoms with van der Waals surface area (Å²) in [5.41, 5.74) is 2.49. The summed E-state index contributed by atoms with van der Waals surface area (Å²) in [7, 11) is -3.78. The SMILES string of the molecule is Cc1ccc(C(O)CCCCN2CCN(c3ccccc3)CC2)cc1S(N)(=O)=O. The van der Waals surface area contributed by atoms with Crippen LogP contribution < -0.4 is 10.0 Å². The molecule has 0 spiro atoms. The number of aryl methyl sites for hydroxylation is 1. The Morgan fingerprint density at radius 1 is 1.03 bits per heavy atom. The fourth-order valence-electron chi connectivity index (χ4n) is 3.84. The van der Waals surface area contributed by atoms with Crippen molar-refractivity contribution in [3.05, 3.63) is 59.7 Å². The Bertz CT molecular complexity index is 895. The van der Waals surface area contributed by atoms with Crippen molar-refractivity contribution in [3.63, 3.8) is 0 Å². The van der Waals surface area contributed by atoms with Gasteiger partial charge in [0.05, 0.1) is 11.0 Å². The summed E-state index contributed by atoms with van der Waals surface area (Å²) < 4.78 is 23.3. The van der Waals surface area contributed by atoms with Gasteiger partial charge in [0.25, 0.3) is 0 Å². The number of primary sulfonamides is 1. The number of aliphatic hydroxyl groups excluding tert-OH is 1. The van der Waals surface area contributed by atoms with Gasteiger partial charge in [-0.3, -0.25) is 4.90 Å². The number of aliphatic hydroxyl groups is 1. The van der Waals surface area contributed by atoms with E-state index in [1.165, 1.54) is 11.8 Å². The molecule has 0 aromatic heterocycles. The minimum atomic E-state index is -3.78. The van der Waals surface area contributed by atoms with E-state index in [1.54, 1.807) is 19.1 Å². The molecule has 0 bridgehead atoms. The molecule has 0 aliphatic carbocycles. The number of hydrogen-bond acceptors (Lipinski definition) is 5. The lowest BCUT2D eigenvalue weighted by molar-refractivity contribution is 0.160. The Hall–Kier alpha value is -1.93. The summed E-state index contributed by atoms with van der Waals surface area (Å²) in [6.45, 7) is 6.89.